The summed E-state index contributed by atoms with van der Waals surface area (Å²) in [5.41, 5.74) is 2.62. The summed E-state index contributed by atoms with van der Waals surface area (Å²) in [5.74, 6) is 0.420. The van der Waals surface area contributed by atoms with Crippen LogP contribution in [0.4, 0.5) is 0 Å². The largest absolute Gasteiger partial charge is 0.493 e. The second-order valence-corrected chi connectivity index (χ2v) is 5.94. The highest BCUT2D eigenvalue weighted by molar-refractivity contribution is 5.98. The number of nitriles is 1. The number of rotatable bonds is 6. The van der Waals surface area contributed by atoms with E-state index in [0.717, 1.165) is 11.3 Å². The number of esters is 1. The van der Waals surface area contributed by atoms with Crippen LogP contribution in [0.2, 0.25) is 0 Å². The fourth-order valence-electron chi connectivity index (χ4n) is 2.82. The molecule has 146 valence electrons. The third kappa shape index (κ3) is 4.12. The van der Waals surface area contributed by atoms with Crippen LogP contribution in [-0.4, -0.2) is 37.1 Å². The van der Waals surface area contributed by atoms with E-state index >= 15 is 0 Å². The van der Waals surface area contributed by atoms with E-state index < -0.39 is 5.97 Å². The van der Waals surface area contributed by atoms with Gasteiger partial charge in [0, 0.05) is 17.3 Å². The lowest BCUT2D eigenvalue weighted by atomic mass is 10.1. The van der Waals surface area contributed by atoms with Crippen LogP contribution in [0.5, 0.6) is 11.5 Å². The Kier molecular flexibility index (Phi) is 5.95. The van der Waals surface area contributed by atoms with Gasteiger partial charge in [-0.15, -0.1) is 0 Å². The number of carbonyl (C=O) groups excluding carboxylic acids is 1. The van der Waals surface area contributed by atoms with Crippen molar-refractivity contribution in [3.05, 3.63) is 65.9 Å². The van der Waals surface area contributed by atoms with Gasteiger partial charge in [0.15, 0.2) is 11.5 Å². The van der Waals surface area contributed by atoms with Gasteiger partial charge in [-0.25, -0.2) is 9.48 Å². The SMILES string of the molecule is COC(=O)C(C#N)=Cc1cn(-c2ccccc2)nc1-c1ccc(OC)c(OC)c1. The maximum atomic E-state index is 11.9. The van der Waals surface area contributed by atoms with Crippen LogP contribution in [0.25, 0.3) is 23.0 Å². The van der Waals surface area contributed by atoms with Gasteiger partial charge < -0.3 is 14.2 Å². The van der Waals surface area contributed by atoms with Gasteiger partial charge in [0.25, 0.3) is 0 Å². The van der Waals surface area contributed by atoms with Crippen molar-refractivity contribution in [2.24, 2.45) is 0 Å². The average molecular weight is 389 g/mol. The number of methoxy groups -OCH3 is 3. The molecule has 0 saturated carbocycles. The smallest absolute Gasteiger partial charge is 0.348 e. The number of benzene rings is 2. The third-order valence-corrected chi connectivity index (χ3v) is 4.25. The van der Waals surface area contributed by atoms with E-state index in [1.165, 1.54) is 13.2 Å². The summed E-state index contributed by atoms with van der Waals surface area (Å²) in [6.07, 6.45) is 3.21. The van der Waals surface area contributed by atoms with Crippen LogP contribution < -0.4 is 9.47 Å². The molecule has 0 aliphatic heterocycles. The highest BCUT2D eigenvalue weighted by Gasteiger charge is 2.17. The maximum absolute atomic E-state index is 11.9. The van der Waals surface area contributed by atoms with Gasteiger partial charge in [0.1, 0.15) is 17.3 Å². The molecule has 0 aliphatic carbocycles. The predicted octanol–water partition coefficient (Wildman–Crippen LogP) is 3.64. The summed E-state index contributed by atoms with van der Waals surface area (Å²) in [4.78, 5) is 11.9. The Morgan fingerprint density at radius 2 is 1.79 bits per heavy atom. The van der Waals surface area contributed by atoms with E-state index in [0.29, 0.717) is 22.8 Å². The van der Waals surface area contributed by atoms with Gasteiger partial charge in [-0.1, -0.05) is 18.2 Å². The van der Waals surface area contributed by atoms with Crippen LogP contribution >= 0.6 is 0 Å². The molecular weight excluding hydrogens is 370 g/mol. The Bertz CT molecular complexity index is 1090. The van der Waals surface area contributed by atoms with Crippen molar-refractivity contribution < 1.29 is 19.0 Å². The molecule has 0 spiro atoms. The van der Waals surface area contributed by atoms with Gasteiger partial charge in [-0.05, 0) is 36.4 Å². The number of nitrogens with zero attached hydrogens (tertiary/aromatic N) is 3. The Balaban J connectivity index is 2.19. The van der Waals surface area contributed by atoms with Crippen molar-refractivity contribution in [3.63, 3.8) is 0 Å². The van der Waals surface area contributed by atoms with Gasteiger partial charge in [-0.3, -0.25) is 0 Å². The van der Waals surface area contributed by atoms with Crippen molar-refractivity contribution >= 4 is 12.0 Å². The summed E-state index contributed by atoms with van der Waals surface area (Å²) in [6.45, 7) is 0. The lowest BCUT2D eigenvalue weighted by Crippen LogP contribution is -2.02. The summed E-state index contributed by atoms with van der Waals surface area (Å²) in [6, 6.07) is 16.8. The van der Waals surface area contributed by atoms with Crippen LogP contribution in [0, 0.1) is 11.3 Å². The zero-order valence-electron chi connectivity index (χ0n) is 16.2. The predicted molar refractivity (Wildman–Crippen MR) is 108 cm³/mol. The first-order valence-electron chi connectivity index (χ1n) is 8.69. The molecule has 0 unspecified atom stereocenters. The molecule has 3 aromatic rings. The van der Waals surface area contributed by atoms with E-state index in [1.807, 2.05) is 42.5 Å². The number of ether oxygens (including phenoxy) is 3. The maximum Gasteiger partial charge on any atom is 0.348 e. The molecule has 1 aromatic heterocycles. The van der Waals surface area contributed by atoms with E-state index in [4.69, 9.17) is 9.47 Å². The molecule has 0 N–H and O–H groups in total. The fourth-order valence-corrected chi connectivity index (χ4v) is 2.82. The lowest BCUT2D eigenvalue weighted by Gasteiger charge is -2.09. The Morgan fingerprint density at radius 3 is 2.41 bits per heavy atom. The molecule has 0 amide bonds. The third-order valence-electron chi connectivity index (χ3n) is 4.25. The summed E-state index contributed by atoms with van der Waals surface area (Å²) in [7, 11) is 4.34. The van der Waals surface area contributed by atoms with Gasteiger partial charge >= 0.3 is 5.97 Å². The van der Waals surface area contributed by atoms with Crippen LogP contribution in [0.1, 0.15) is 5.56 Å². The van der Waals surface area contributed by atoms with Crippen LogP contribution in [0.3, 0.4) is 0 Å². The first-order chi connectivity index (χ1) is 14.1. The quantitative estimate of drug-likeness (QED) is 0.363. The molecule has 3 rings (SSSR count). The molecule has 7 heteroatoms. The number of hydrogen-bond acceptors (Lipinski definition) is 6. The minimum absolute atomic E-state index is 0.123. The average Bonchev–Trinajstić information content (AvgIpc) is 3.20. The van der Waals surface area contributed by atoms with Gasteiger partial charge in [-0.2, -0.15) is 10.4 Å². The molecule has 1 heterocycles. The molecule has 0 atom stereocenters. The second kappa shape index (κ2) is 8.76. The van der Waals surface area contributed by atoms with Crippen molar-refractivity contribution in [2.75, 3.05) is 21.3 Å². The Hall–Kier alpha value is -4.05. The number of carbonyl (C=O) groups is 1. The second-order valence-electron chi connectivity index (χ2n) is 5.94. The molecule has 0 aliphatic rings. The van der Waals surface area contributed by atoms with Gasteiger partial charge in [0.2, 0.25) is 0 Å². The molecule has 29 heavy (non-hydrogen) atoms. The van der Waals surface area contributed by atoms with E-state index in [2.05, 4.69) is 9.84 Å². The minimum Gasteiger partial charge on any atom is -0.493 e. The van der Waals surface area contributed by atoms with Crippen LogP contribution in [-0.2, 0) is 9.53 Å². The first-order valence-corrected chi connectivity index (χ1v) is 8.69. The molecule has 2 aromatic carbocycles. The number of para-hydroxylation sites is 1. The zero-order chi connectivity index (χ0) is 20.8. The topological polar surface area (TPSA) is 86.4 Å². The Labute approximate surface area is 168 Å². The molecule has 0 bridgehead atoms. The molecular formula is C22H19N3O4. The van der Waals surface area contributed by atoms with E-state index in [1.54, 1.807) is 37.2 Å². The Morgan fingerprint density at radius 1 is 1.07 bits per heavy atom. The molecule has 0 saturated heterocycles. The minimum atomic E-state index is -0.710. The van der Waals surface area contributed by atoms with Crippen molar-refractivity contribution in [1.82, 2.24) is 9.78 Å². The molecule has 7 nitrogen and oxygen atoms in total. The number of hydrogen-bond donors (Lipinski definition) is 0. The van der Waals surface area contributed by atoms with E-state index in [9.17, 15) is 10.1 Å². The van der Waals surface area contributed by atoms with E-state index in [-0.39, 0.29) is 5.57 Å². The normalized spacial score (nSPS) is 10.9. The monoisotopic (exact) mass is 389 g/mol. The van der Waals surface area contributed by atoms with Crippen molar-refractivity contribution in [3.8, 4) is 34.5 Å². The lowest BCUT2D eigenvalue weighted by molar-refractivity contribution is -0.135. The standard InChI is InChI=1S/C22H19N3O4/c1-27-19-10-9-15(12-20(19)28-2)21-17(11-16(13-23)22(26)29-3)14-25(24-21)18-7-5-4-6-8-18/h4-12,14H,1-3H3. The zero-order valence-corrected chi connectivity index (χ0v) is 16.2. The summed E-state index contributed by atoms with van der Waals surface area (Å²) in [5, 5.41) is 14.0. The summed E-state index contributed by atoms with van der Waals surface area (Å²) >= 11 is 0. The number of aromatic nitrogens is 2. The van der Waals surface area contributed by atoms with Crippen LogP contribution in [0.15, 0.2) is 60.3 Å². The fraction of sp³-hybridized carbons (Fsp3) is 0.136. The van der Waals surface area contributed by atoms with Crippen molar-refractivity contribution in [1.29, 1.82) is 5.26 Å². The van der Waals surface area contributed by atoms with Crippen molar-refractivity contribution in [2.45, 2.75) is 0 Å². The first kappa shape index (κ1) is 19.7. The molecule has 0 radical (unpaired) electrons. The molecule has 0 fully saturated rings. The van der Waals surface area contributed by atoms with Gasteiger partial charge in [0.05, 0.1) is 27.0 Å². The summed E-state index contributed by atoms with van der Waals surface area (Å²) < 4.78 is 17.0. The highest BCUT2D eigenvalue weighted by atomic mass is 16.5. The highest BCUT2D eigenvalue weighted by Crippen LogP contribution is 2.34.